The second-order valence-electron chi connectivity index (χ2n) is 7.54. The van der Waals surface area contributed by atoms with Gasteiger partial charge in [-0.25, -0.2) is 4.79 Å². The van der Waals surface area contributed by atoms with Crippen molar-refractivity contribution in [2.45, 2.75) is 46.4 Å². The van der Waals surface area contributed by atoms with Gasteiger partial charge in [-0.15, -0.1) is 11.3 Å². The van der Waals surface area contributed by atoms with Crippen molar-refractivity contribution in [3.63, 3.8) is 0 Å². The van der Waals surface area contributed by atoms with Crippen LogP contribution in [0.15, 0.2) is 41.1 Å². The molecular formula is C22H27N5O3S. The number of ether oxygens (including phenoxy) is 1. The highest BCUT2D eigenvalue weighted by atomic mass is 32.1. The Morgan fingerprint density at radius 2 is 2.16 bits per heavy atom. The number of hydrogen-bond acceptors (Lipinski definition) is 7. The molecule has 9 heteroatoms. The minimum Gasteiger partial charge on any atom is -0.446 e. The van der Waals surface area contributed by atoms with E-state index in [2.05, 4.69) is 9.98 Å². The molecule has 1 aliphatic heterocycles. The predicted molar refractivity (Wildman–Crippen MR) is 125 cm³/mol. The average Bonchev–Trinajstić information content (AvgIpc) is 3.23. The molecule has 0 unspecified atom stereocenters. The highest BCUT2D eigenvalue weighted by Crippen LogP contribution is 2.38. The zero-order valence-electron chi connectivity index (χ0n) is 18.1. The summed E-state index contributed by atoms with van der Waals surface area (Å²) in [6.45, 7) is 7.88. The van der Waals surface area contributed by atoms with Crippen LogP contribution in [0.3, 0.4) is 0 Å². The lowest BCUT2D eigenvalue weighted by atomic mass is 10.0. The number of thiazole rings is 1. The maximum Gasteiger partial charge on any atom is 0.414 e. The Labute approximate surface area is 186 Å². The normalized spacial score (nSPS) is 16.7. The third-order valence-electron chi connectivity index (χ3n) is 4.78. The number of aromatic nitrogens is 1. The number of allylic oxidation sites excluding steroid dienone is 1. The zero-order chi connectivity index (χ0) is 22.5. The molecule has 3 rings (SSSR count). The maximum absolute atomic E-state index is 12.8. The topological polar surface area (TPSA) is 101 Å². The summed E-state index contributed by atoms with van der Waals surface area (Å²) in [4.78, 5) is 37.9. The van der Waals surface area contributed by atoms with Crippen LogP contribution in [0.1, 0.15) is 38.1 Å². The van der Waals surface area contributed by atoms with Crippen molar-refractivity contribution in [3.8, 4) is 0 Å². The van der Waals surface area contributed by atoms with Crippen molar-refractivity contribution in [2.75, 3.05) is 16.3 Å². The highest BCUT2D eigenvalue weighted by molar-refractivity contribution is 7.09. The van der Waals surface area contributed by atoms with Gasteiger partial charge in [0.1, 0.15) is 0 Å². The summed E-state index contributed by atoms with van der Waals surface area (Å²) in [6, 6.07) is 5.37. The molecular weight excluding hydrogens is 414 g/mol. The smallest absolute Gasteiger partial charge is 0.414 e. The van der Waals surface area contributed by atoms with Gasteiger partial charge in [0.2, 0.25) is 5.91 Å². The lowest BCUT2D eigenvalue weighted by Gasteiger charge is -2.40. The molecule has 0 spiro atoms. The minimum atomic E-state index is -0.444. The number of carbonyl (C=O) groups is 2. The van der Waals surface area contributed by atoms with Crippen molar-refractivity contribution in [1.82, 2.24) is 4.98 Å². The van der Waals surface area contributed by atoms with Crippen LogP contribution in [0.25, 0.3) is 5.57 Å². The monoisotopic (exact) mass is 441 g/mol. The number of amides is 2. The van der Waals surface area contributed by atoms with Crippen LogP contribution in [-0.2, 0) is 16.1 Å². The summed E-state index contributed by atoms with van der Waals surface area (Å²) >= 11 is 1.54. The molecule has 0 fully saturated rings. The quantitative estimate of drug-likeness (QED) is 0.711. The number of carbonyl (C=O) groups excluding carboxylic acids is 2. The van der Waals surface area contributed by atoms with E-state index in [4.69, 9.17) is 10.5 Å². The van der Waals surface area contributed by atoms with Crippen molar-refractivity contribution < 1.29 is 14.3 Å². The third-order valence-corrected chi connectivity index (χ3v) is 5.55. The first-order chi connectivity index (χ1) is 14.8. The van der Waals surface area contributed by atoms with Crippen LogP contribution >= 0.6 is 11.3 Å². The number of nitrogens with two attached hydrogens (primary N) is 1. The van der Waals surface area contributed by atoms with Crippen molar-refractivity contribution in [3.05, 3.63) is 46.5 Å². The molecule has 0 bridgehead atoms. The van der Waals surface area contributed by atoms with Gasteiger partial charge in [0.15, 0.2) is 0 Å². The number of nitrogens with zero attached hydrogens (tertiary/aromatic N) is 4. The summed E-state index contributed by atoms with van der Waals surface area (Å²) < 4.78 is 5.44. The van der Waals surface area contributed by atoms with Crippen LogP contribution in [-0.4, -0.2) is 41.9 Å². The first kappa shape index (κ1) is 22.5. The molecule has 2 heterocycles. The molecule has 1 aromatic heterocycles. The van der Waals surface area contributed by atoms with E-state index in [0.717, 1.165) is 10.4 Å². The number of fused-ring (bicyclic) bond motifs is 1. The Balaban J connectivity index is 1.96. The number of benzene rings is 1. The predicted octanol–water partition coefficient (Wildman–Crippen LogP) is 3.82. The lowest BCUT2D eigenvalue weighted by Crippen LogP contribution is -2.51. The molecule has 8 nitrogen and oxygen atoms in total. The second kappa shape index (κ2) is 9.74. The van der Waals surface area contributed by atoms with E-state index in [1.54, 1.807) is 41.6 Å². The molecule has 2 amide bonds. The number of hydrogen-bond donors (Lipinski definition) is 1. The van der Waals surface area contributed by atoms with Crippen LogP contribution in [0, 0.1) is 0 Å². The molecule has 2 aromatic rings. The van der Waals surface area contributed by atoms with Gasteiger partial charge in [-0.05, 0) is 38.5 Å². The standard InChI is InChI=1S/C22H27N5O3S/c1-14(2)30-22(29)26-12-15(3)27(16(4)28)20-6-5-17(7-21(20)26)18(8-23)9-24-10-19-11-25-13-31-19/h5-9,11,13-15H,10,12,23H2,1-4H3/b18-8+,24-9?/t15-/m0/s1. The Kier molecular flexibility index (Phi) is 7.06. The van der Waals surface area contributed by atoms with Crippen LogP contribution < -0.4 is 15.5 Å². The summed E-state index contributed by atoms with van der Waals surface area (Å²) in [7, 11) is 0. The Morgan fingerprint density at radius 3 is 2.77 bits per heavy atom. The van der Waals surface area contributed by atoms with E-state index in [1.807, 2.05) is 25.1 Å². The average molecular weight is 442 g/mol. The van der Waals surface area contributed by atoms with Gasteiger partial charge in [0.25, 0.3) is 0 Å². The van der Waals surface area contributed by atoms with E-state index in [9.17, 15) is 9.59 Å². The van der Waals surface area contributed by atoms with Crippen molar-refractivity contribution >= 4 is 46.5 Å². The van der Waals surface area contributed by atoms with Crippen molar-refractivity contribution in [2.24, 2.45) is 10.7 Å². The molecule has 2 N–H and O–H groups in total. The number of rotatable bonds is 5. The molecule has 0 saturated carbocycles. The summed E-state index contributed by atoms with van der Waals surface area (Å²) in [5, 5.41) is 0. The lowest BCUT2D eigenvalue weighted by molar-refractivity contribution is -0.117. The summed E-state index contributed by atoms with van der Waals surface area (Å²) in [5.74, 6) is -0.0842. The molecule has 1 aromatic carbocycles. The summed E-state index contributed by atoms with van der Waals surface area (Å²) in [6.07, 6.45) is 4.26. The molecule has 31 heavy (non-hydrogen) atoms. The summed E-state index contributed by atoms with van der Waals surface area (Å²) in [5.41, 5.74) is 10.4. The van der Waals surface area contributed by atoms with E-state index in [1.165, 1.54) is 24.5 Å². The fourth-order valence-corrected chi connectivity index (χ4v) is 4.02. The van der Waals surface area contributed by atoms with Crippen LogP contribution in [0.5, 0.6) is 0 Å². The SMILES string of the molecule is CC(=O)N1c2ccc(/C(C=NCc3cncs3)=C/N)cc2N(C(=O)OC(C)C)C[C@@H]1C. The van der Waals surface area contributed by atoms with Gasteiger partial charge in [-0.1, -0.05) is 6.07 Å². The second-order valence-corrected chi connectivity index (χ2v) is 8.52. The van der Waals surface area contributed by atoms with Gasteiger partial charge < -0.3 is 15.4 Å². The Hall–Kier alpha value is -3.20. The van der Waals surface area contributed by atoms with Gasteiger partial charge in [-0.2, -0.15) is 0 Å². The van der Waals surface area contributed by atoms with Crippen molar-refractivity contribution in [1.29, 1.82) is 0 Å². The number of anilines is 2. The first-order valence-electron chi connectivity index (χ1n) is 10.0. The van der Waals surface area contributed by atoms with Gasteiger partial charge in [0.05, 0.1) is 35.6 Å². The van der Waals surface area contributed by atoms with Gasteiger partial charge in [-0.3, -0.25) is 19.7 Å². The van der Waals surface area contributed by atoms with E-state index >= 15 is 0 Å². The molecule has 0 saturated heterocycles. The van der Waals surface area contributed by atoms with Crippen LogP contribution in [0.4, 0.5) is 16.2 Å². The fourth-order valence-electron chi connectivity index (χ4n) is 3.49. The molecule has 1 atom stereocenters. The highest BCUT2D eigenvalue weighted by Gasteiger charge is 2.34. The van der Waals surface area contributed by atoms with Gasteiger partial charge in [0, 0.05) is 42.5 Å². The maximum atomic E-state index is 12.8. The number of aliphatic imine (C=N–C) groups is 1. The van der Waals surface area contributed by atoms with Crippen LogP contribution in [0.2, 0.25) is 0 Å². The van der Waals surface area contributed by atoms with E-state index in [0.29, 0.717) is 30.0 Å². The van der Waals surface area contributed by atoms with E-state index in [-0.39, 0.29) is 18.1 Å². The molecule has 1 aliphatic rings. The largest absolute Gasteiger partial charge is 0.446 e. The zero-order valence-corrected chi connectivity index (χ0v) is 18.9. The molecule has 164 valence electrons. The molecule has 0 aliphatic carbocycles. The first-order valence-corrected chi connectivity index (χ1v) is 10.9. The third kappa shape index (κ3) is 5.11. The van der Waals surface area contributed by atoms with E-state index < -0.39 is 6.09 Å². The Bertz CT molecular complexity index is 1000. The fraction of sp³-hybridized carbons (Fsp3) is 0.364. The minimum absolute atomic E-state index is 0.0842. The molecule has 0 radical (unpaired) electrons. The Morgan fingerprint density at radius 1 is 1.39 bits per heavy atom. The van der Waals surface area contributed by atoms with Gasteiger partial charge >= 0.3 is 6.09 Å².